The molecule has 5 N–H and O–H groups in total. The Balaban J connectivity index is 2.67. The van der Waals surface area contributed by atoms with Crippen LogP contribution in [-0.2, 0) is 9.59 Å². The number of hydrogen-bond donors (Lipinski definition) is 4. The number of benzene rings is 1. The lowest BCUT2D eigenvalue weighted by molar-refractivity contribution is -0.139. The SMILES string of the molecule is Cc1c(Cl)cccc1NC(=O)NC(CCC(N)=O)C(=O)O. The Bertz CT molecular complexity index is 562. The first-order chi connectivity index (χ1) is 9.81. The minimum Gasteiger partial charge on any atom is -0.480 e. The maximum atomic E-state index is 11.8. The molecule has 0 aromatic heterocycles. The van der Waals surface area contributed by atoms with Crippen molar-refractivity contribution in [1.82, 2.24) is 5.32 Å². The van der Waals surface area contributed by atoms with Crippen LogP contribution in [0.15, 0.2) is 18.2 Å². The van der Waals surface area contributed by atoms with E-state index in [1.807, 2.05) is 0 Å². The minimum absolute atomic E-state index is 0.0768. The van der Waals surface area contributed by atoms with Crippen molar-refractivity contribution in [2.75, 3.05) is 5.32 Å². The Morgan fingerprint density at radius 2 is 2.05 bits per heavy atom. The Kier molecular flexibility index (Phi) is 5.98. The number of carbonyl (C=O) groups excluding carboxylic acids is 2. The van der Waals surface area contributed by atoms with E-state index >= 15 is 0 Å². The van der Waals surface area contributed by atoms with Crippen LogP contribution >= 0.6 is 11.6 Å². The molecule has 1 atom stereocenters. The molecule has 114 valence electrons. The number of amides is 3. The topological polar surface area (TPSA) is 122 Å². The van der Waals surface area contributed by atoms with Gasteiger partial charge in [-0.1, -0.05) is 17.7 Å². The van der Waals surface area contributed by atoms with Gasteiger partial charge in [-0.25, -0.2) is 9.59 Å². The molecule has 3 amide bonds. The lowest BCUT2D eigenvalue weighted by Gasteiger charge is -2.15. The summed E-state index contributed by atoms with van der Waals surface area (Å²) < 4.78 is 0. The van der Waals surface area contributed by atoms with Gasteiger partial charge in [0.1, 0.15) is 6.04 Å². The van der Waals surface area contributed by atoms with Crippen LogP contribution in [-0.4, -0.2) is 29.1 Å². The standard InChI is InChI=1S/C13H16ClN3O4/c1-7-8(14)3-2-4-9(7)16-13(21)17-10(12(19)20)5-6-11(15)18/h2-4,10H,5-6H2,1H3,(H2,15,18)(H,19,20)(H2,16,17,21). The van der Waals surface area contributed by atoms with Crippen LogP contribution in [0.1, 0.15) is 18.4 Å². The quantitative estimate of drug-likeness (QED) is 0.635. The molecule has 0 radical (unpaired) electrons. The molecule has 0 saturated carbocycles. The van der Waals surface area contributed by atoms with Gasteiger partial charge in [0, 0.05) is 17.1 Å². The molecule has 1 rings (SSSR count). The zero-order chi connectivity index (χ0) is 16.0. The summed E-state index contributed by atoms with van der Waals surface area (Å²) >= 11 is 5.92. The molecule has 0 aliphatic carbocycles. The molecule has 0 spiro atoms. The third-order valence-corrected chi connectivity index (χ3v) is 3.21. The van der Waals surface area contributed by atoms with Crippen molar-refractivity contribution < 1.29 is 19.5 Å². The summed E-state index contributed by atoms with van der Waals surface area (Å²) in [7, 11) is 0. The van der Waals surface area contributed by atoms with E-state index in [-0.39, 0.29) is 12.8 Å². The van der Waals surface area contributed by atoms with Gasteiger partial charge < -0.3 is 21.5 Å². The second-order valence-electron chi connectivity index (χ2n) is 4.41. The molecular weight excluding hydrogens is 298 g/mol. The molecule has 0 fully saturated rings. The van der Waals surface area contributed by atoms with Gasteiger partial charge in [-0.2, -0.15) is 0 Å². The van der Waals surface area contributed by atoms with Gasteiger partial charge >= 0.3 is 12.0 Å². The number of urea groups is 1. The molecule has 1 aromatic rings. The highest BCUT2D eigenvalue weighted by molar-refractivity contribution is 6.31. The molecule has 0 aliphatic heterocycles. The van der Waals surface area contributed by atoms with Gasteiger partial charge in [-0.3, -0.25) is 4.79 Å². The summed E-state index contributed by atoms with van der Waals surface area (Å²) in [5.74, 6) is -1.87. The van der Waals surface area contributed by atoms with E-state index < -0.39 is 23.9 Å². The van der Waals surface area contributed by atoms with Gasteiger partial charge in [0.15, 0.2) is 0 Å². The van der Waals surface area contributed by atoms with E-state index in [4.69, 9.17) is 22.4 Å². The molecule has 8 heteroatoms. The third-order valence-electron chi connectivity index (χ3n) is 2.80. The highest BCUT2D eigenvalue weighted by Crippen LogP contribution is 2.22. The normalized spacial score (nSPS) is 11.5. The maximum Gasteiger partial charge on any atom is 0.326 e. The van der Waals surface area contributed by atoms with Crippen LogP contribution in [0.2, 0.25) is 5.02 Å². The van der Waals surface area contributed by atoms with E-state index in [9.17, 15) is 14.4 Å². The number of halogens is 1. The van der Waals surface area contributed by atoms with Crippen molar-refractivity contribution >= 4 is 35.2 Å². The van der Waals surface area contributed by atoms with Crippen molar-refractivity contribution in [2.45, 2.75) is 25.8 Å². The Labute approximate surface area is 126 Å². The monoisotopic (exact) mass is 313 g/mol. The summed E-state index contributed by atoms with van der Waals surface area (Å²) in [6.45, 7) is 1.72. The molecule has 0 heterocycles. The predicted molar refractivity (Wildman–Crippen MR) is 78.2 cm³/mol. The fraction of sp³-hybridized carbons (Fsp3) is 0.308. The maximum absolute atomic E-state index is 11.8. The van der Waals surface area contributed by atoms with Crippen molar-refractivity contribution in [3.05, 3.63) is 28.8 Å². The molecule has 0 aliphatic rings. The zero-order valence-corrected chi connectivity index (χ0v) is 12.1. The number of rotatable bonds is 6. The van der Waals surface area contributed by atoms with Crippen LogP contribution in [0.4, 0.5) is 10.5 Å². The van der Waals surface area contributed by atoms with Gasteiger partial charge in [-0.15, -0.1) is 0 Å². The van der Waals surface area contributed by atoms with Crippen LogP contribution in [0, 0.1) is 6.92 Å². The van der Waals surface area contributed by atoms with E-state index in [2.05, 4.69) is 10.6 Å². The van der Waals surface area contributed by atoms with Crippen LogP contribution < -0.4 is 16.4 Å². The third kappa shape index (κ3) is 5.31. The molecule has 1 aromatic carbocycles. The molecule has 7 nitrogen and oxygen atoms in total. The number of hydrogen-bond acceptors (Lipinski definition) is 3. The summed E-state index contributed by atoms with van der Waals surface area (Å²) in [5.41, 5.74) is 6.09. The number of carbonyl (C=O) groups is 3. The number of anilines is 1. The number of nitrogens with one attached hydrogen (secondary N) is 2. The van der Waals surface area contributed by atoms with Crippen molar-refractivity contribution in [2.24, 2.45) is 5.73 Å². The van der Waals surface area contributed by atoms with Crippen molar-refractivity contribution in [3.63, 3.8) is 0 Å². The second-order valence-corrected chi connectivity index (χ2v) is 4.81. The lowest BCUT2D eigenvalue weighted by atomic mass is 10.1. The average molecular weight is 314 g/mol. The Morgan fingerprint density at radius 3 is 2.62 bits per heavy atom. The zero-order valence-electron chi connectivity index (χ0n) is 11.4. The predicted octanol–water partition coefficient (Wildman–Crippen LogP) is 1.49. The second kappa shape index (κ2) is 7.49. The van der Waals surface area contributed by atoms with Crippen molar-refractivity contribution in [1.29, 1.82) is 0 Å². The summed E-state index contributed by atoms with van der Waals surface area (Å²) in [4.78, 5) is 33.5. The molecule has 21 heavy (non-hydrogen) atoms. The number of primary amides is 1. The Hall–Kier alpha value is -2.28. The Morgan fingerprint density at radius 1 is 1.38 bits per heavy atom. The lowest BCUT2D eigenvalue weighted by Crippen LogP contribution is -2.43. The smallest absolute Gasteiger partial charge is 0.326 e. The van der Waals surface area contributed by atoms with Crippen LogP contribution in [0.3, 0.4) is 0 Å². The van der Waals surface area contributed by atoms with E-state index in [1.54, 1.807) is 25.1 Å². The molecule has 0 bridgehead atoms. The number of carboxylic acid groups (broad SMARTS) is 1. The first kappa shape index (κ1) is 16.8. The summed E-state index contributed by atoms with van der Waals surface area (Å²) in [6, 6.07) is 3.08. The fourth-order valence-corrected chi connectivity index (χ4v) is 1.78. The first-order valence-corrected chi connectivity index (χ1v) is 6.52. The number of carboxylic acids is 1. The summed E-state index contributed by atoms with van der Waals surface area (Å²) in [5, 5.41) is 14.2. The average Bonchev–Trinajstić information content (AvgIpc) is 2.39. The van der Waals surface area contributed by atoms with E-state index in [0.717, 1.165) is 0 Å². The van der Waals surface area contributed by atoms with Gasteiger partial charge in [0.25, 0.3) is 0 Å². The van der Waals surface area contributed by atoms with E-state index in [1.165, 1.54) is 0 Å². The highest BCUT2D eigenvalue weighted by atomic mass is 35.5. The van der Waals surface area contributed by atoms with Gasteiger partial charge in [0.2, 0.25) is 5.91 Å². The molecule has 0 saturated heterocycles. The minimum atomic E-state index is -1.24. The van der Waals surface area contributed by atoms with E-state index in [0.29, 0.717) is 16.3 Å². The number of aliphatic carboxylic acids is 1. The molecule has 1 unspecified atom stereocenters. The first-order valence-electron chi connectivity index (χ1n) is 6.15. The van der Waals surface area contributed by atoms with Crippen molar-refractivity contribution in [3.8, 4) is 0 Å². The number of nitrogens with two attached hydrogens (primary N) is 1. The van der Waals surface area contributed by atoms with Crippen LogP contribution in [0.5, 0.6) is 0 Å². The largest absolute Gasteiger partial charge is 0.480 e. The van der Waals surface area contributed by atoms with Crippen LogP contribution in [0.25, 0.3) is 0 Å². The van der Waals surface area contributed by atoms with Gasteiger partial charge in [0.05, 0.1) is 0 Å². The fourth-order valence-electron chi connectivity index (χ4n) is 1.60. The molecular formula is C13H16ClN3O4. The van der Waals surface area contributed by atoms with Gasteiger partial charge in [-0.05, 0) is 31.0 Å². The highest BCUT2D eigenvalue weighted by Gasteiger charge is 2.20. The summed E-state index contributed by atoms with van der Waals surface area (Å²) in [6.07, 6.45) is -0.208.